The highest BCUT2D eigenvalue weighted by molar-refractivity contribution is 4.96. The zero-order valence-corrected chi connectivity index (χ0v) is 31.3. The lowest BCUT2D eigenvalue weighted by Crippen LogP contribution is -2.17. The van der Waals surface area contributed by atoms with E-state index < -0.39 is 0 Å². The molecule has 1 fully saturated rings. The van der Waals surface area contributed by atoms with Crippen LogP contribution in [-0.2, 0) is 9.47 Å². The fourth-order valence-corrected chi connectivity index (χ4v) is 7.12. The van der Waals surface area contributed by atoms with Crippen LogP contribution in [0.4, 0.5) is 0 Å². The number of nitrogens with zero attached hydrogens (tertiary/aromatic N) is 1. The molecule has 1 aliphatic heterocycles. The molecular formula is C42H81NO2. The minimum absolute atomic E-state index is 0.531. The van der Waals surface area contributed by atoms with Gasteiger partial charge in [-0.2, -0.15) is 0 Å². The average Bonchev–Trinajstić information content (AvgIpc) is 3.48. The van der Waals surface area contributed by atoms with E-state index in [4.69, 9.17) is 9.47 Å². The third-order valence-corrected chi connectivity index (χ3v) is 10.4. The van der Waals surface area contributed by atoms with E-state index in [1.807, 2.05) is 0 Å². The van der Waals surface area contributed by atoms with Crippen molar-refractivity contribution in [2.75, 3.05) is 33.4 Å². The van der Waals surface area contributed by atoms with Gasteiger partial charge in [0.1, 0.15) is 0 Å². The fourth-order valence-electron chi connectivity index (χ4n) is 7.12. The Morgan fingerprint density at radius 1 is 0.600 bits per heavy atom. The van der Waals surface area contributed by atoms with Crippen molar-refractivity contribution >= 4 is 0 Å². The van der Waals surface area contributed by atoms with Gasteiger partial charge in [-0.05, 0) is 57.5 Å². The molecule has 0 saturated carbocycles. The number of unbranched alkanes of at least 4 members (excludes halogenated alkanes) is 16. The van der Waals surface area contributed by atoms with E-state index in [2.05, 4.69) is 45.9 Å². The number of rotatable bonds is 34. The van der Waals surface area contributed by atoms with E-state index in [9.17, 15) is 0 Å². The summed E-state index contributed by atoms with van der Waals surface area (Å²) < 4.78 is 12.4. The van der Waals surface area contributed by atoms with Gasteiger partial charge in [0.15, 0.2) is 0 Å². The Hall–Kier alpha value is -0.960. The lowest BCUT2D eigenvalue weighted by Gasteiger charge is -2.21. The minimum atomic E-state index is 0.531. The molecule has 2 unspecified atom stereocenters. The first-order valence-electron chi connectivity index (χ1n) is 20.3. The summed E-state index contributed by atoms with van der Waals surface area (Å²) in [6, 6.07) is 0. The Bertz CT molecular complexity index is 666. The maximum absolute atomic E-state index is 6.33. The molecule has 0 aromatic rings. The van der Waals surface area contributed by atoms with E-state index in [1.165, 1.54) is 173 Å². The zero-order valence-electron chi connectivity index (χ0n) is 31.3. The molecule has 1 aliphatic rings. The Labute approximate surface area is 283 Å². The number of hydrogen-bond donors (Lipinski definition) is 0. The molecule has 0 aliphatic carbocycles. The van der Waals surface area contributed by atoms with E-state index in [-0.39, 0.29) is 0 Å². The lowest BCUT2D eigenvalue weighted by atomic mass is 9.92. The van der Waals surface area contributed by atoms with Crippen molar-refractivity contribution in [2.24, 2.45) is 17.8 Å². The topological polar surface area (TPSA) is 21.7 Å². The predicted molar refractivity (Wildman–Crippen MR) is 200 cm³/mol. The van der Waals surface area contributed by atoms with Gasteiger partial charge in [-0.25, -0.2) is 0 Å². The van der Waals surface area contributed by atoms with Gasteiger partial charge in [-0.15, -0.1) is 0 Å². The Morgan fingerprint density at radius 2 is 1.07 bits per heavy atom. The molecule has 2 atom stereocenters. The normalized spacial score (nSPS) is 16.0. The maximum atomic E-state index is 6.33. The molecule has 1 heterocycles. The summed E-state index contributed by atoms with van der Waals surface area (Å²) in [7, 11) is 2.21. The smallest absolute Gasteiger partial charge is 0.0932 e. The first-order chi connectivity index (χ1) is 22.0. The number of allylic oxidation sites excluding steroid dienone is 1. The number of ether oxygens (including phenoxy) is 2. The summed E-state index contributed by atoms with van der Waals surface area (Å²) in [5, 5.41) is 0. The molecule has 0 aromatic carbocycles. The molecule has 0 N–H and O–H groups in total. The van der Waals surface area contributed by atoms with Crippen LogP contribution >= 0.6 is 0 Å². The van der Waals surface area contributed by atoms with Crippen LogP contribution in [0, 0.1) is 17.8 Å². The molecule has 0 amide bonds. The SMILES string of the molecule is C=C(CCCCCCCCC(CCCCCCCCCC)COC(=C)C1CCN(C)C1)OCCC(CCCCC)CCCCC. The molecule has 266 valence electrons. The summed E-state index contributed by atoms with van der Waals surface area (Å²) in [4.78, 5) is 2.40. The standard InChI is InChI=1S/C42H81NO2/c1-7-10-13-14-15-16-20-25-30-41(37-45-39(5)42-32-34-43(6)36-42)31-26-21-18-17-19-24-27-38(4)44-35-33-40(28-22-11-8-2)29-23-12-9-3/h40-42H,4-5,7-37H2,1-3,6H3. The second-order valence-electron chi connectivity index (χ2n) is 14.8. The molecule has 3 heteroatoms. The van der Waals surface area contributed by atoms with Crippen molar-refractivity contribution in [3.63, 3.8) is 0 Å². The molecular weight excluding hydrogens is 550 g/mol. The largest absolute Gasteiger partial charge is 0.499 e. The molecule has 3 nitrogen and oxygen atoms in total. The Morgan fingerprint density at radius 3 is 1.60 bits per heavy atom. The van der Waals surface area contributed by atoms with Crippen LogP contribution in [0.15, 0.2) is 24.7 Å². The van der Waals surface area contributed by atoms with E-state index in [0.29, 0.717) is 11.8 Å². The summed E-state index contributed by atoms with van der Waals surface area (Å²) in [5.74, 6) is 4.13. The number of likely N-dealkylation sites (tertiary alicyclic amines) is 1. The first-order valence-corrected chi connectivity index (χ1v) is 20.3. The molecule has 0 spiro atoms. The van der Waals surface area contributed by atoms with Crippen LogP contribution in [0.5, 0.6) is 0 Å². The van der Waals surface area contributed by atoms with Crippen molar-refractivity contribution in [1.82, 2.24) is 4.90 Å². The third kappa shape index (κ3) is 24.8. The third-order valence-electron chi connectivity index (χ3n) is 10.4. The van der Waals surface area contributed by atoms with E-state index in [1.54, 1.807) is 0 Å². The quantitative estimate of drug-likeness (QED) is 0.0521. The van der Waals surface area contributed by atoms with Crippen LogP contribution < -0.4 is 0 Å². The van der Waals surface area contributed by atoms with Gasteiger partial charge in [0, 0.05) is 18.9 Å². The average molecular weight is 632 g/mol. The highest BCUT2D eigenvalue weighted by Crippen LogP contribution is 2.26. The van der Waals surface area contributed by atoms with Gasteiger partial charge in [0.05, 0.1) is 24.7 Å². The zero-order chi connectivity index (χ0) is 32.8. The first kappa shape index (κ1) is 42.1. The van der Waals surface area contributed by atoms with Gasteiger partial charge in [0.25, 0.3) is 0 Å². The lowest BCUT2D eigenvalue weighted by molar-refractivity contribution is 0.129. The second kappa shape index (κ2) is 30.4. The predicted octanol–water partition coefficient (Wildman–Crippen LogP) is 13.4. The van der Waals surface area contributed by atoms with Crippen molar-refractivity contribution in [2.45, 2.75) is 194 Å². The Balaban J connectivity index is 2.19. The molecule has 1 saturated heterocycles. The van der Waals surface area contributed by atoms with E-state index in [0.717, 1.165) is 43.6 Å². The summed E-state index contributed by atoms with van der Waals surface area (Å²) in [6.45, 7) is 19.5. The van der Waals surface area contributed by atoms with Crippen LogP contribution in [0.3, 0.4) is 0 Å². The highest BCUT2D eigenvalue weighted by atomic mass is 16.5. The van der Waals surface area contributed by atoms with Crippen molar-refractivity contribution < 1.29 is 9.47 Å². The van der Waals surface area contributed by atoms with Gasteiger partial charge >= 0.3 is 0 Å². The van der Waals surface area contributed by atoms with Crippen LogP contribution in [0.25, 0.3) is 0 Å². The van der Waals surface area contributed by atoms with Gasteiger partial charge in [-0.1, -0.05) is 169 Å². The molecule has 0 radical (unpaired) electrons. The van der Waals surface area contributed by atoms with Gasteiger partial charge in [-0.3, -0.25) is 0 Å². The van der Waals surface area contributed by atoms with Gasteiger partial charge < -0.3 is 14.4 Å². The van der Waals surface area contributed by atoms with Crippen LogP contribution in [0.1, 0.15) is 194 Å². The Kier molecular flexibility index (Phi) is 28.4. The molecule has 0 bridgehead atoms. The molecule has 0 aromatic heterocycles. The van der Waals surface area contributed by atoms with Crippen LogP contribution in [0.2, 0.25) is 0 Å². The molecule has 1 rings (SSSR count). The summed E-state index contributed by atoms with van der Waals surface area (Å²) in [6.07, 6.45) is 36.1. The molecule has 45 heavy (non-hydrogen) atoms. The maximum Gasteiger partial charge on any atom is 0.0932 e. The minimum Gasteiger partial charge on any atom is -0.499 e. The van der Waals surface area contributed by atoms with Crippen LogP contribution in [-0.4, -0.2) is 38.3 Å². The fraction of sp³-hybridized carbons (Fsp3) is 0.905. The highest BCUT2D eigenvalue weighted by Gasteiger charge is 2.23. The monoisotopic (exact) mass is 632 g/mol. The van der Waals surface area contributed by atoms with Gasteiger partial charge in [0.2, 0.25) is 0 Å². The summed E-state index contributed by atoms with van der Waals surface area (Å²) >= 11 is 0. The van der Waals surface area contributed by atoms with Crippen molar-refractivity contribution in [3.05, 3.63) is 24.7 Å². The summed E-state index contributed by atoms with van der Waals surface area (Å²) in [5.41, 5.74) is 0. The van der Waals surface area contributed by atoms with Crippen molar-refractivity contribution in [3.8, 4) is 0 Å². The second-order valence-corrected chi connectivity index (χ2v) is 14.8. The van der Waals surface area contributed by atoms with E-state index >= 15 is 0 Å². The number of hydrogen-bond acceptors (Lipinski definition) is 3. The van der Waals surface area contributed by atoms with Crippen molar-refractivity contribution in [1.29, 1.82) is 0 Å².